The van der Waals surface area contributed by atoms with Crippen LogP contribution in [0.1, 0.15) is 62.6 Å². The molecule has 1 aromatic carbocycles. The first-order chi connectivity index (χ1) is 15.7. The normalized spacial score (nSPS) is 19.1. The molecule has 1 aliphatic carbocycles. The molecule has 2 heterocycles. The van der Waals surface area contributed by atoms with E-state index in [0.29, 0.717) is 11.9 Å². The van der Waals surface area contributed by atoms with Crippen LogP contribution >= 0.6 is 0 Å². The van der Waals surface area contributed by atoms with Crippen molar-refractivity contribution in [3.05, 3.63) is 72.2 Å². The number of benzene rings is 1. The van der Waals surface area contributed by atoms with Crippen molar-refractivity contribution in [3.63, 3.8) is 0 Å². The Hall–Kier alpha value is -2.79. The van der Waals surface area contributed by atoms with Gasteiger partial charge in [0, 0.05) is 18.2 Å². The molecule has 2 aliphatic rings. The zero-order chi connectivity index (χ0) is 22.2. The highest BCUT2D eigenvalue weighted by atomic mass is 16.5. The Balaban J connectivity index is 1.67. The standard InChI is InChI=1S/C27H36N4O/c1-2-12-22(19-25(28)29-23-15-8-4-9-16-23)26-24(20-31-17-10-5-11-18-31)30-32-27(26)21-13-6-3-7-14-21/h2-3,6-7,12-14,19,23,29H,1,4-5,8-11,15-18,20,28H2/b22-12+,25-19+. The maximum atomic E-state index is 6.48. The number of nitrogens with one attached hydrogen (secondary N) is 1. The maximum absolute atomic E-state index is 6.48. The van der Waals surface area contributed by atoms with Crippen LogP contribution < -0.4 is 11.1 Å². The first kappa shape index (κ1) is 22.4. The van der Waals surface area contributed by atoms with Crippen molar-refractivity contribution < 1.29 is 4.52 Å². The van der Waals surface area contributed by atoms with Gasteiger partial charge in [0.25, 0.3) is 0 Å². The van der Waals surface area contributed by atoms with E-state index in [4.69, 9.17) is 10.3 Å². The largest absolute Gasteiger partial charge is 0.386 e. The Bertz CT molecular complexity index is 932. The minimum atomic E-state index is 0.453. The van der Waals surface area contributed by atoms with Crippen molar-refractivity contribution in [2.75, 3.05) is 13.1 Å². The van der Waals surface area contributed by atoms with Crippen molar-refractivity contribution >= 4 is 5.57 Å². The van der Waals surface area contributed by atoms with Gasteiger partial charge in [0.15, 0.2) is 5.76 Å². The number of hydrogen-bond acceptors (Lipinski definition) is 5. The summed E-state index contributed by atoms with van der Waals surface area (Å²) in [4.78, 5) is 2.47. The van der Waals surface area contributed by atoms with Gasteiger partial charge < -0.3 is 15.6 Å². The molecule has 4 rings (SSSR count). The summed E-state index contributed by atoms with van der Waals surface area (Å²) in [5.41, 5.74) is 10.4. The van der Waals surface area contributed by atoms with E-state index in [-0.39, 0.29) is 0 Å². The Morgan fingerprint density at radius 1 is 1.09 bits per heavy atom. The molecule has 0 atom stereocenters. The van der Waals surface area contributed by atoms with Crippen LogP contribution in [0.3, 0.4) is 0 Å². The molecule has 0 spiro atoms. The van der Waals surface area contributed by atoms with Crippen LogP contribution in [0.5, 0.6) is 0 Å². The number of allylic oxidation sites excluding steroid dienone is 4. The lowest BCUT2D eigenvalue weighted by Gasteiger charge is -2.26. The van der Waals surface area contributed by atoms with E-state index in [2.05, 4.69) is 34.1 Å². The summed E-state index contributed by atoms with van der Waals surface area (Å²) < 4.78 is 5.94. The van der Waals surface area contributed by atoms with Gasteiger partial charge in [0.05, 0.1) is 11.4 Å². The van der Waals surface area contributed by atoms with Gasteiger partial charge in [-0.25, -0.2) is 0 Å². The Morgan fingerprint density at radius 2 is 1.81 bits per heavy atom. The molecule has 170 valence electrons. The van der Waals surface area contributed by atoms with E-state index in [9.17, 15) is 0 Å². The zero-order valence-corrected chi connectivity index (χ0v) is 19.1. The molecule has 32 heavy (non-hydrogen) atoms. The van der Waals surface area contributed by atoms with Crippen LogP contribution in [0, 0.1) is 0 Å². The molecule has 1 aromatic heterocycles. The zero-order valence-electron chi connectivity index (χ0n) is 19.1. The molecular weight excluding hydrogens is 396 g/mol. The summed E-state index contributed by atoms with van der Waals surface area (Å²) in [6.45, 7) is 6.95. The van der Waals surface area contributed by atoms with Crippen LogP contribution in [-0.2, 0) is 6.54 Å². The second kappa shape index (κ2) is 11.2. The van der Waals surface area contributed by atoms with Crippen molar-refractivity contribution in [3.8, 4) is 11.3 Å². The second-order valence-corrected chi connectivity index (χ2v) is 8.97. The lowest BCUT2D eigenvalue weighted by Crippen LogP contribution is -2.33. The van der Waals surface area contributed by atoms with Gasteiger partial charge in [-0.15, -0.1) is 0 Å². The minimum Gasteiger partial charge on any atom is -0.386 e. The van der Waals surface area contributed by atoms with Crippen LogP contribution in [-0.4, -0.2) is 29.2 Å². The summed E-state index contributed by atoms with van der Waals surface area (Å²) in [6.07, 6.45) is 15.9. The average molecular weight is 433 g/mol. The molecule has 0 unspecified atom stereocenters. The SMILES string of the molecule is C=C/C=C(\C=C(/N)NC1CCCCC1)c1c(CN2CCCCC2)noc1-c1ccccc1. The molecule has 1 aliphatic heterocycles. The van der Waals surface area contributed by atoms with Gasteiger partial charge in [-0.1, -0.05) is 79.9 Å². The van der Waals surface area contributed by atoms with Gasteiger partial charge >= 0.3 is 0 Å². The summed E-state index contributed by atoms with van der Waals surface area (Å²) in [5.74, 6) is 1.47. The van der Waals surface area contributed by atoms with E-state index in [1.807, 2.05) is 36.4 Å². The summed E-state index contributed by atoms with van der Waals surface area (Å²) in [6, 6.07) is 10.6. The molecule has 2 aromatic rings. The predicted molar refractivity (Wildman–Crippen MR) is 132 cm³/mol. The predicted octanol–water partition coefficient (Wildman–Crippen LogP) is 5.62. The lowest BCUT2D eigenvalue weighted by atomic mass is 9.95. The fraction of sp³-hybridized carbons (Fsp3) is 0.444. The van der Waals surface area contributed by atoms with Gasteiger partial charge in [-0.2, -0.15) is 0 Å². The molecule has 0 radical (unpaired) electrons. The average Bonchev–Trinajstić information content (AvgIpc) is 3.24. The van der Waals surface area contributed by atoms with E-state index in [1.54, 1.807) is 0 Å². The van der Waals surface area contributed by atoms with E-state index >= 15 is 0 Å². The molecular formula is C27H36N4O. The Labute approximate surface area is 192 Å². The molecule has 1 saturated heterocycles. The highest BCUT2D eigenvalue weighted by molar-refractivity contribution is 5.85. The topological polar surface area (TPSA) is 67.3 Å². The second-order valence-electron chi connectivity index (χ2n) is 8.97. The molecule has 2 fully saturated rings. The van der Waals surface area contributed by atoms with Crippen LogP contribution in [0.4, 0.5) is 0 Å². The summed E-state index contributed by atoms with van der Waals surface area (Å²) in [5, 5.41) is 8.06. The molecule has 1 saturated carbocycles. The van der Waals surface area contributed by atoms with Gasteiger partial charge in [-0.05, 0) is 50.4 Å². The number of piperidine rings is 1. The number of nitrogens with zero attached hydrogens (tertiary/aromatic N) is 2. The number of nitrogens with two attached hydrogens (primary N) is 1. The fourth-order valence-electron chi connectivity index (χ4n) is 4.87. The molecule has 0 amide bonds. The third kappa shape index (κ3) is 5.71. The number of likely N-dealkylation sites (tertiary alicyclic amines) is 1. The van der Waals surface area contributed by atoms with Crippen LogP contribution in [0.2, 0.25) is 0 Å². The quantitative estimate of drug-likeness (QED) is 0.530. The van der Waals surface area contributed by atoms with Crippen molar-refractivity contribution in [1.29, 1.82) is 0 Å². The first-order valence-corrected chi connectivity index (χ1v) is 12.1. The fourth-order valence-corrected chi connectivity index (χ4v) is 4.87. The Morgan fingerprint density at radius 3 is 2.53 bits per heavy atom. The van der Waals surface area contributed by atoms with E-state index in [1.165, 1.54) is 51.4 Å². The number of aromatic nitrogens is 1. The van der Waals surface area contributed by atoms with Gasteiger partial charge in [-0.3, -0.25) is 4.90 Å². The smallest absolute Gasteiger partial charge is 0.174 e. The highest BCUT2D eigenvalue weighted by Crippen LogP contribution is 2.34. The molecule has 0 bridgehead atoms. The molecule has 5 heteroatoms. The van der Waals surface area contributed by atoms with Gasteiger partial charge in [0.2, 0.25) is 0 Å². The van der Waals surface area contributed by atoms with E-state index < -0.39 is 0 Å². The minimum absolute atomic E-state index is 0.453. The van der Waals surface area contributed by atoms with Gasteiger partial charge in [0.1, 0.15) is 5.69 Å². The van der Waals surface area contributed by atoms with Crippen LogP contribution in [0.15, 0.2) is 65.5 Å². The first-order valence-electron chi connectivity index (χ1n) is 12.1. The van der Waals surface area contributed by atoms with Crippen molar-refractivity contribution in [1.82, 2.24) is 15.4 Å². The molecule has 5 nitrogen and oxygen atoms in total. The third-order valence-corrected chi connectivity index (χ3v) is 6.49. The lowest BCUT2D eigenvalue weighted by molar-refractivity contribution is 0.215. The monoisotopic (exact) mass is 432 g/mol. The number of rotatable bonds is 8. The van der Waals surface area contributed by atoms with E-state index in [0.717, 1.165) is 47.8 Å². The maximum Gasteiger partial charge on any atom is 0.174 e. The van der Waals surface area contributed by atoms with Crippen LogP contribution in [0.25, 0.3) is 16.9 Å². The van der Waals surface area contributed by atoms with Crippen molar-refractivity contribution in [2.24, 2.45) is 5.73 Å². The molecule has 3 N–H and O–H groups in total. The van der Waals surface area contributed by atoms with Crippen molar-refractivity contribution in [2.45, 2.75) is 64.0 Å². The third-order valence-electron chi connectivity index (χ3n) is 6.49. The Kier molecular flexibility index (Phi) is 7.83. The summed E-state index contributed by atoms with van der Waals surface area (Å²) in [7, 11) is 0. The highest BCUT2D eigenvalue weighted by Gasteiger charge is 2.23. The number of hydrogen-bond donors (Lipinski definition) is 2. The summed E-state index contributed by atoms with van der Waals surface area (Å²) >= 11 is 0.